The summed E-state index contributed by atoms with van der Waals surface area (Å²) in [6.45, 7) is 0.885. The van der Waals surface area contributed by atoms with Gasteiger partial charge in [0.1, 0.15) is 4.90 Å². The summed E-state index contributed by atoms with van der Waals surface area (Å²) in [4.78, 5) is 24.0. The molecule has 0 radical (unpaired) electrons. The Kier molecular flexibility index (Phi) is 5.34. The minimum Gasteiger partial charge on any atom is -0.383 e. The van der Waals surface area contributed by atoms with Crippen LogP contribution in [-0.2, 0) is 14.8 Å². The highest BCUT2D eigenvalue weighted by Crippen LogP contribution is 2.30. The van der Waals surface area contributed by atoms with Crippen molar-refractivity contribution in [3.05, 3.63) is 29.3 Å². The van der Waals surface area contributed by atoms with Gasteiger partial charge in [-0.15, -0.1) is 0 Å². The lowest BCUT2D eigenvalue weighted by atomic mass is 10.1. The molecule has 8 nitrogen and oxygen atoms in total. The van der Waals surface area contributed by atoms with E-state index in [2.05, 4.69) is 5.32 Å². The first-order chi connectivity index (χ1) is 10.9. The maximum atomic E-state index is 12.4. The first-order valence-electron chi connectivity index (χ1n) is 7.11. The van der Waals surface area contributed by atoms with Gasteiger partial charge in [-0.3, -0.25) is 9.59 Å². The molecule has 2 amide bonds. The standard InChI is InChI=1S/C14H19N3O5S/c1-22-8-7-17-14(19)11-4-3-10(9-12(11)23(17,20)21)13(18)16-6-2-5-15/h3-4,9H,2,5-8,15H2,1H3,(H,16,18). The number of methoxy groups -OCH3 is 1. The average Bonchev–Trinajstić information content (AvgIpc) is 2.72. The van der Waals surface area contributed by atoms with E-state index in [4.69, 9.17) is 10.5 Å². The molecule has 1 heterocycles. The Morgan fingerprint density at radius 3 is 2.78 bits per heavy atom. The van der Waals surface area contributed by atoms with Gasteiger partial charge in [0, 0.05) is 19.2 Å². The van der Waals surface area contributed by atoms with E-state index in [1.807, 2.05) is 0 Å². The van der Waals surface area contributed by atoms with Crippen LogP contribution in [0.25, 0.3) is 0 Å². The zero-order chi connectivity index (χ0) is 17.0. The Morgan fingerprint density at radius 2 is 2.13 bits per heavy atom. The third-order valence-corrected chi connectivity index (χ3v) is 5.26. The highest BCUT2D eigenvalue weighted by Gasteiger charge is 2.41. The van der Waals surface area contributed by atoms with Crippen LogP contribution in [0, 0.1) is 0 Å². The van der Waals surface area contributed by atoms with Gasteiger partial charge in [0.25, 0.3) is 21.8 Å². The van der Waals surface area contributed by atoms with E-state index in [1.54, 1.807) is 0 Å². The summed E-state index contributed by atoms with van der Waals surface area (Å²) in [5, 5.41) is 2.64. The molecule has 0 unspecified atom stereocenters. The number of carbonyl (C=O) groups excluding carboxylic acids is 2. The van der Waals surface area contributed by atoms with E-state index < -0.39 is 21.8 Å². The number of amides is 2. The fourth-order valence-corrected chi connectivity index (χ4v) is 3.80. The van der Waals surface area contributed by atoms with Crippen LogP contribution in [0.3, 0.4) is 0 Å². The maximum absolute atomic E-state index is 12.4. The van der Waals surface area contributed by atoms with Crippen LogP contribution in [0.2, 0.25) is 0 Å². The van der Waals surface area contributed by atoms with Crippen molar-refractivity contribution in [3.8, 4) is 0 Å². The van der Waals surface area contributed by atoms with Gasteiger partial charge in [0.2, 0.25) is 0 Å². The van der Waals surface area contributed by atoms with E-state index in [9.17, 15) is 18.0 Å². The lowest BCUT2D eigenvalue weighted by Gasteiger charge is -2.13. The quantitative estimate of drug-likeness (QED) is 0.649. The highest BCUT2D eigenvalue weighted by molar-refractivity contribution is 7.90. The number of fused-ring (bicyclic) bond motifs is 1. The molecule has 0 atom stereocenters. The van der Waals surface area contributed by atoms with Crippen molar-refractivity contribution in [3.63, 3.8) is 0 Å². The van der Waals surface area contributed by atoms with E-state index in [0.29, 0.717) is 19.5 Å². The first-order valence-corrected chi connectivity index (χ1v) is 8.55. The molecule has 0 aliphatic carbocycles. The third kappa shape index (κ3) is 3.36. The number of nitrogens with one attached hydrogen (secondary N) is 1. The summed E-state index contributed by atoms with van der Waals surface area (Å²) >= 11 is 0. The number of hydrogen-bond donors (Lipinski definition) is 2. The fourth-order valence-electron chi connectivity index (χ4n) is 2.22. The minimum absolute atomic E-state index is 0.0651. The van der Waals surface area contributed by atoms with Gasteiger partial charge < -0.3 is 15.8 Å². The molecule has 0 saturated carbocycles. The van der Waals surface area contributed by atoms with Crippen molar-refractivity contribution in [2.45, 2.75) is 11.3 Å². The Morgan fingerprint density at radius 1 is 1.39 bits per heavy atom. The number of benzene rings is 1. The number of nitrogens with zero attached hydrogens (tertiary/aromatic N) is 1. The molecule has 0 fully saturated rings. The van der Waals surface area contributed by atoms with Gasteiger partial charge in [-0.1, -0.05) is 0 Å². The van der Waals surface area contributed by atoms with E-state index in [1.165, 1.54) is 25.3 Å². The summed E-state index contributed by atoms with van der Waals surface area (Å²) in [5.74, 6) is -1.01. The maximum Gasteiger partial charge on any atom is 0.269 e. The Hall–Kier alpha value is -1.97. The van der Waals surface area contributed by atoms with Crippen molar-refractivity contribution in [1.82, 2.24) is 9.62 Å². The second kappa shape index (κ2) is 7.07. The summed E-state index contributed by atoms with van der Waals surface area (Å²) in [6.07, 6.45) is 0.623. The number of sulfonamides is 1. The van der Waals surface area contributed by atoms with E-state index in [-0.39, 0.29) is 29.2 Å². The second-order valence-corrected chi connectivity index (χ2v) is 6.81. The number of carbonyl (C=O) groups is 2. The molecule has 126 valence electrons. The highest BCUT2D eigenvalue weighted by atomic mass is 32.2. The zero-order valence-electron chi connectivity index (χ0n) is 12.7. The van der Waals surface area contributed by atoms with Crippen LogP contribution in [0.4, 0.5) is 0 Å². The van der Waals surface area contributed by atoms with Crippen molar-refractivity contribution >= 4 is 21.8 Å². The van der Waals surface area contributed by atoms with E-state index >= 15 is 0 Å². The number of nitrogens with two attached hydrogens (primary N) is 1. The summed E-state index contributed by atoms with van der Waals surface area (Å²) in [5.41, 5.74) is 5.60. The molecule has 0 bridgehead atoms. The third-order valence-electron chi connectivity index (χ3n) is 3.43. The summed E-state index contributed by atoms with van der Waals surface area (Å²) in [6, 6.07) is 4.02. The molecule has 1 aliphatic rings. The molecule has 3 N–H and O–H groups in total. The number of ether oxygens (including phenoxy) is 1. The van der Waals surface area contributed by atoms with E-state index in [0.717, 1.165) is 4.31 Å². The van der Waals surface area contributed by atoms with Crippen LogP contribution < -0.4 is 11.1 Å². The SMILES string of the molecule is COCCN1C(=O)c2ccc(C(=O)NCCCN)cc2S1(=O)=O. The molecule has 1 aromatic carbocycles. The average molecular weight is 341 g/mol. The minimum atomic E-state index is -3.95. The Balaban J connectivity index is 2.28. The lowest BCUT2D eigenvalue weighted by Crippen LogP contribution is -2.33. The zero-order valence-corrected chi connectivity index (χ0v) is 13.6. The van der Waals surface area contributed by atoms with Crippen LogP contribution in [-0.4, -0.2) is 57.9 Å². The molecule has 2 rings (SSSR count). The lowest BCUT2D eigenvalue weighted by molar-refractivity contribution is 0.0835. The van der Waals surface area contributed by atoms with Crippen LogP contribution in [0.1, 0.15) is 27.1 Å². The van der Waals surface area contributed by atoms with Crippen molar-refractivity contribution in [1.29, 1.82) is 0 Å². The van der Waals surface area contributed by atoms with Gasteiger partial charge in [-0.25, -0.2) is 12.7 Å². The van der Waals surface area contributed by atoms with Crippen molar-refractivity contribution in [2.24, 2.45) is 5.73 Å². The molecular formula is C14H19N3O5S. The summed E-state index contributed by atoms with van der Waals surface area (Å²) in [7, 11) is -2.52. The molecular weight excluding hydrogens is 322 g/mol. The Bertz CT molecular complexity index is 717. The monoisotopic (exact) mass is 341 g/mol. The molecule has 0 spiro atoms. The molecule has 1 aliphatic heterocycles. The van der Waals surface area contributed by atoms with Gasteiger partial charge in [0.15, 0.2) is 0 Å². The largest absolute Gasteiger partial charge is 0.383 e. The smallest absolute Gasteiger partial charge is 0.269 e. The Labute approximate surface area is 134 Å². The van der Waals surface area contributed by atoms with Crippen molar-refractivity contribution in [2.75, 3.05) is 33.4 Å². The topological polar surface area (TPSA) is 119 Å². The first kappa shape index (κ1) is 17.4. The number of hydrogen-bond acceptors (Lipinski definition) is 6. The number of rotatable bonds is 7. The van der Waals surface area contributed by atoms with Gasteiger partial charge in [-0.05, 0) is 31.2 Å². The van der Waals surface area contributed by atoms with Gasteiger partial charge in [-0.2, -0.15) is 0 Å². The summed E-state index contributed by atoms with van der Waals surface area (Å²) < 4.78 is 30.5. The molecule has 1 aromatic rings. The molecule has 0 saturated heterocycles. The van der Waals surface area contributed by atoms with Crippen LogP contribution in [0.5, 0.6) is 0 Å². The predicted molar refractivity (Wildman–Crippen MR) is 82.5 cm³/mol. The normalized spacial score (nSPS) is 15.6. The van der Waals surface area contributed by atoms with Gasteiger partial charge in [0.05, 0.1) is 18.7 Å². The predicted octanol–water partition coefficient (Wildman–Crippen LogP) is -0.444. The van der Waals surface area contributed by atoms with Crippen LogP contribution >= 0.6 is 0 Å². The second-order valence-electron chi connectivity index (χ2n) is 4.98. The van der Waals surface area contributed by atoms with Gasteiger partial charge >= 0.3 is 0 Å². The molecule has 0 aromatic heterocycles. The molecule has 9 heteroatoms. The molecule has 23 heavy (non-hydrogen) atoms. The van der Waals surface area contributed by atoms with Crippen LogP contribution in [0.15, 0.2) is 23.1 Å². The van der Waals surface area contributed by atoms with Crippen molar-refractivity contribution < 1.29 is 22.7 Å². The fraction of sp³-hybridized carbons (Fsp3) is 0.429.